The van der Waals surface area contributed by atoms with Crippen molar-refractivity contribution in [2.24, 2.45) is 0 Å². The van der Waals surface area contributed by atoms with Crippen molar-refractivity contribution < 1.29 is 14.3 Å². The van der Waals surface area contributed by atoms with Gasteiger partial charge in [-0.25, -0.2) is 14.8 Å². The predicted molar refractivity (Wildman–Crippen MR) is 151 cm³/mol. The van der Waals surface area contributed by atoms with Crippen molar-refractivity contribution in [3.63, 3.8) is 0 Å². The lowest BCUT2D eigenvalue weighted by atomic mass is 9.95. The average Bonchev–Trinajstić information content (AvgIpc) is 3.52. The van der Waals surface area contributed by atoms with Gasteiger partial charge in [-0.3, -0.25) is 9.36 Å². The zero-order valence-corrected chi connectivity index (χ0v) is 23.3. The monoisotopic (exact) mass is 546 g/mol. The van der Waals surface area contributed by atoms with Crippen LogP contribution < -0.4 is 20.3 Å². The summed E-state index contributed by atoms with van der Waals surface area (Å²) in [6.45, 7) is 6.11. The molecule has 212 valence electrons. The van der Waals surface area contributed by atoms with Crippen molar-refractivity contribution in [3.8, 4) is 11.7 Å². The van der Waals surface area contributed by atoms with Crippen LogP contribution in [0.2, 0.25) is 0 Å². The number of aryl methyl sites for hydroxylation is 1. The molecular formula is C29H38N8O3. The van der Waals surface area contributed by atoms with Crippen LogP contribution in [0.3, 0.4) is 0 Å². The first-order valence-corrected chi connectivity index (χ1v) is 14.2. The fraction of sp³-hybridized carbons (Fsp3) is 0.483. The van der Waals surface area contributed by atoms with Gasteiger partial charge in [-0.15, -0.1) is 0 Å². The van der Waals surface area contributed by atoms with Gasteiger partial charge in [0.15, 0.2) is 0 Å². The fourth-order valence-electron chi connectivity index (χ4n) is 5.33. The second-order valence-electron chi connectivity index (χ2n) is 10.4. The normalized spacial score (nSPS) is 17.9. The average molecular weight is 547 g/mol. The van der Waals surface area contributed by atoms with Gasteiger partial charge in [0, 0.05) is 56.4 Å². The third kappa shape index (κ3) is 6.70. The van der Waals surface area contributed by atoms with E-state index in [2.05, 4.69) is 25.5 Å². The van der Waals surface area contributed by atoms with E-state index in [4.69, 9.17) is 9.72 Å². The lowest BCUT2D eigenvalue weighted by Gasteiger charge is -2.41. The zero-order chi connectivity index (χ0) is 27.9. The van der Waals surface area contributed by atoms with Crippen LogP contribution in [0.25, 0.3) is 5.95 Å². The first kappa shape index (κ1) is 27.4. The maximum atomic E-state index is 13.6. The maximum Gasteiger partial charge on any atom is 0.318 e. The lowest BCUT2D eigenvalue weighted by molar-refractivity contribution is -0.125. The van der Waals surface area contributed by atoms with E-state index in [1.807, 2.05) is 44.2 Å². The summed E-state index contributed by atoms with van der Waals surface area (Å²) >= 11 is 0. The highest BCUT2D eigenvalue weighted by Crippen LogP contribution is 2.22. The van der Waals surface area contributed by atoms with E-state index in [9.17, 15) is 9.59 Å². The molecule has 0 bridgehead atoms. The zero-order valence-electron chi connectivity index (χ0n) is 23.3. The summed E-state index contributed by atoms with van der Waals surface area (Å²) in [6, 6.07) is 8.89. The molecule has 11 heteroatoms. The number of ether oxygens (including phenoxy) is 1. The minimum Gasteiger partial charge on any atom is -0.494 e. The van der Waals surface area contributed by atoms with Crippen LogP contribution in [0.1, 0.15) is 50.3 Å². The molecule has 1 aliphatic carbocycles. The highest BCUT2D eigenvalue weighted by molar-refractivity contribution is 5.88. The maximum absolute atomic E-state index is 13.6. The van der Waals surface area contributed by atoms with Crippen LogP contribution in [0, 0.1) is 6.92 Å². The van der Waals surface area contributed by atoms with Gasteiger partial charge in [0.25, 0.3) is 0 Å². The van der Waals surface area contributed by atoms with E-state index in [0.29, 0.717) is 44.6 Å². The van der Waals surface area contributed by atoms with Crippen LogP contribution >= 0.6 is 0 Å². The molecule has 3 aromatic rings. The van der Waals surface area contributed by atoms with E-state index in [0.717, 1.165) is 42.7 Å². The Kier molecular flexibility index (Phi) is 8.78. The standard InChI is InChI=1S/C29H38N8O3/c1-3-40-24-11-9-22(10-12-24)18-31-27(38)25-19-35(15-16-37(25)29(39)33-23-7-5-4-6-8-23)26-17-21(2)32-28(34-26)36-14-13-30-20-36/h9-14,17,20,23,25H,3-8,15-16,18-19H2,1-2H3,(H,31,38)(H,33,39). The van der Waals surface area contributed by atoms with E-state index in [1.165, 1.54) is 6.42 Å². The summed E-state index contributed by atoms with van der Waals surface area (Å²) < 4.78 is 7.27. The molecule has 11 nitrogen and oxygen atoms in total. The molecule has 1 unspecified atom stereocenters. The first-order valence-electron chi connectivity index (χ1n) is 14.2. The van der Waals surface area contributed by atoms with Gasteiger partial charge in [-0.1, -0.05) is 31.4 Å². The molecule has 3 heterocycles. The smallest absolute Gasteiger partial charge is 0.318 e. The number of imidazole rings is 1. The van der Waals surface area contributed by atoms with Crippen LogP contribution in [0.4, 0.5) is 10.6 Å². The Hall–Kier alpha value is -4.15. The van der Waals surface area contributed by atoms with E-state index in [1.54, 1.807) is 28.2 Å². The Bertz CT molecular complexity index is 1270. The molecular weight excluding hydrogens is 508 g/mol. The third-order valence-corrected chi connectivity index (χ3v) is 7.47. The van der Waals surface area contributed by atoms with Gasteiger partial charge < -0.3 is 25.2 Å². The number of nitrogens with zero attached hydrogens (tertiary/aromatic N) is 6. The van der Waals surface area contributed by atoms with Crippen molar-refractivity contribution >= 4 is 17.8 Å². The number of anilines is 1. The molecule has 2 fully saturated rings. The molecule has 1 aromatic carbocycles. The van der Waals surface area contributed by atoms with Crippen LogP contribution in [-0.2, 0) is 11.3 Å². The number of carbonyl (C=O) groups excluding carboxylic acids is 2. The van der Waals surface area contributed by atoms with Gasteiger partial charge in [-0.05, 0) is 44.4 Å². The van der Waals surface area contributed by atoms with Crippen molar-refractivity contribution in [2.75, 3.05) is 31.1 Å². The van der Waals surface area contributed by atoms with Crippen molar-refractivity contribution in [1.29, 1.82) is 0 Å². The van der Waals surface area contributed by atoms with Crippen molar-refractivity contribution in [3.05, 3.63) is 60.3 Å². The third-order valence-electron chi connectivity index (χ3n) is 7.47. The van der Waals surface area contributed by atoms with Crippen LogP contribution in [0.5, 0.6) is 5.75 Å². The molecule has 1 atom stereocenters. The molecule has 0 spiro atoms. The van der Waals surface area contributed by atoms with E-state index < -0.39 is 6.04 Å². The predicted octanol–water partition coefficient (Wildman–Crippen LogP) is 3.22. The lowest BCUT2D eigenvalue weighted by Crippen LogP contribution is -2.63. The molecule has 1 saturated heterocycles. The van der Waals surface area contributed by atoms with Crippen molar-refractivity contribution in [1.82, 2.24) is 35.1 Å². The molecule has 3 amide bonds. The number of piperazine rings is 1. The largest absolute Gasteiger partial charge is 0.494 e. The summed E-state index contributed by atoms with van der Waals surface area (Å²) in [5, 5.41) is 6.25. The minimum atomic E-state index is -0.674. The number of nitrogens with one attached hydrogen (secondary N) is 2. The second kappa shape index (κ2) is 12.8. The van der Waals surface area contributed by atoms with E-state index >= 15 is 0 Å². The summed E-state index contributed by atoms with van der Waals surface area (Å²) in [5.41, 5.74) is 1.77. The summed E-state index contributed by atoms with van der Waals surface area (Å²) in [7, 11) is 0. The summed E-state index contributed by atoms with van der Waals surface area (Å²) in [4.78, 5) is 44.2. The Morgan fingerprint density at radius 2 is 1.88 bits per heavy atom. The minimum absolute atomic E-state index is 0.161. The molecule has 5 rings (SSSR count). The summed E-state index contributed by atoms with van der Waals surface area (Å²) in [5.74, 6) is 1.83. The highest BCUT2D eigenvalue weighted by atomic mass is 16.5. The Balaban J connectivity index is 1.32. The van der Waals surface area contributed by atoms with Gasteiger partial charge in [-0.2, -0.15) is 4.98 Å². The number of amides is 3. The van der Waals surface area contributed by atoms with Crippen LogP contribution in [0.15, 0.2) is 49.1 Å². The van der Waals surface area contributed by atoms with Crippen molar-refractivity contribution in [2.45, 2.75) is 64.6 Å². The number of rotatable bonds is 8. The topological polar surface area (TPSA) is 118 Å². The number of aromatic nitrogens is 4. The highest BCUT2D eigenvalue weighted by Gasteiger charge is 2.37. The van der Waals surface area contributed by atoms with Crippen LogP contribution in [-0.4, -0.2) is 74.7 Å². The second-order valence-corrected chi connectivity index (χ2v) is 10.4. The van der Waals surface area contributed by atoms with Gasteiger partial charge in [0.1, 0.15) is 23.9 Å². The number of hydrogen-bond donors (Lipinski definition) is 2. The Labute approximate surface area is 235 Å². The molecule has 0 radical (unpaired) electrons. The van der Waals surface area contributed by atoms with Gasteiger partial charge in [0.05, 0.1) is 6.61 Å². The Morgan fingerprint density at radius 1 is 1.07 bits per heavy atom. The SMILES string of the molecule is CCOc1ccc(CNC(=O)C2CN(c3cc(C)nc(-n4ccnc4)n3)CCN2C(=O)NC2CCCCC2)cc1. The number of hydrogen-bond acceptors (Lipinski definition) is 7. The first-order chi connectivity index (χ1) is 19.5. The molecule has 2 aliphatic rings. The molecule has 1 saturated carbocycles. The number of urea groups is 1. The fourth-order valence-corrected chi connectivity index (χ4v) is 5.33. The quantitative estimate of drug-likeness (QED) is 0.446. The molecule has 2 N–H and O–H groups in total. The van der Waals surface area contributed by atoms with E-state index in [-0.39, 0.29) is 18.0 Å². The molecule has 40 heavy (non-hydrogen) atoms. The molecule has 2 aromatic heterocycles. The molecule has 1 aliphatic heterocycles. The number of carbonyl (C=O) groups is 2. The Morgan fingerprint density at radius 3 is 2.60 bits per heavy atom. The van der Waals surface area contributed by atoms with Gasteiger partial charge in [0.2, 0.25) is 11.9 Å². The summed E-state index contributed by atoms with van der Waals surface area (Å²) in [6.07, 6.45) is 10.6. The van der Waals surface area contributed by atoms with Gasteiger partial charge >= 0.3 is 6.03 Å². The number of benzene rings is 1.